The molecule has 0 amide bonds. The Morgan fingerprint density at radius 1 is 1.30 bits per heavy atom. The highest BCUT2D eigenvalue weighted by Crippen LogP contribution is 2.42. The van der Waals surface area contributed by atoms with E-state index in [0.29, 0.717) is 24.6 Å². The first kappa shape index (κ1) is 22.5. The molecule has 3 aromatic rings. The smallest absolute Gasteiger partial charge is 0.341 e. The average molecular weight is 455 g/mol. The van der Waals surface area contributed by atoms with Crippen LogP contribution >= 0.6 is 0 Å². The number of nitrogens with zero attached hydrogens (tertiary/aromatic N) is 4. The van der Waals surface area contributed by atoms with Crippen LogP contribution in [0.4, 0.5) is 16.0 Å². The fourth-order valence-corrected chi connectivity index (χ4v) is 4.30. The predicted molar refractivity (Wildman–Crippen MR) is 123 cm³/mol. The Labute approximate surface area is 189 Å². The standard InChI is InChI=1S/C21H20FN5O4.C2H6/c1-11-10-31-19-16-13(18(28)14(20(29)30)9-27(11)16)7-15(22)17(19)26-6-3-12(8-26)25-21-23-4-2-5-24-21;1-2/h2,4-5,7,9,11-12H,3,6,8,10H2,1H3,(H,29,30)(H,23,24,25);1-2H3/t11-,12?;/m0./s1. The number of nitrogens with one attached hydrogen (secondary N) is 1. The Bertz CT molecular complexity index is 1250. The van der Waals surface area contributed by atoms with E-state index in [1.807, 2.05) is 25.7 Å². The molecule has 9 nitrogen and oxygen atoms in total. The topological polar surface area (TPSA) is 110 Å². The van der Waals surface area contributed by atoms with Crippen molar-refractivity contribution in [2.45, 2.75) is 39.3 Å². The van der Waals surface area contributed by atoms with Gasteiger partial charge in [-0.2, -0.15) is 0 Å². The molecule has 10 heteroatoms. The molecule has 1 unspecified atom stereocenters. The zero-order valence-corrected chi connectivity index (χ0v) is 18.7. The summed E-state index contributed by atoms with van der Waals surface area (Å²) in [6, 6.07) is 2.68. The molecule has 0 spiro atoms. The Kier molecular flexibility index (Phi) is 6.17. The number of aromatic nitrogens is 3. The van der Waals surface area contributed by atoms with Gasteiger partial charge in [0.15, 0.2) is 11.6 Å². The molecule has 0 saturated carbocycles. The fourth-order valence-electron chi connectivity index (χ4n) is 4.30. The summed E-state index contributed by atoms with van der Waals surface area (Å²) >= 11 is 0. The van der Waals surface area contributed by atoms with E-state index in [4.69, 9.17) is 4.74 Å². The number of aromatic carboxylic acids is 1. The van der Waals surface area contributed by atoms with Crippen molar-refractivity contribution in [3.8, 4) is 5.75 Å². The van der Waals surface area contributed by atoms with Crippen molar-refractivity contribution < 1.29 is 19.0 Å². The zero-order valence-electron chi connectivity index (χ0n) is 18.7. The molecule has 5 rings (SSSR count). The number of carbonyl (C=O) groups is 1. The number of hydrogen-bond donors (Lipinski definition) is 2. The van der Waals surface area contributed by atoms with E-state index in [1.165, 1.54) is 6.20 Å². The molecule has 2 aliphatic heterocycles. The minimum Gasteiger partial charge on any atom is -0.487 e. The first-order chi connectivity index (χ1) is 15.9. The Morgan fingerprint density at radius 3 is 2.73 bits per heavy atom. The number of carboxylic acids is 1. The van der Waals surface area contributed by atoms with Gasteiger partial charge in [0, 0.05) is 37.7 Å². The van der Waals surface area contributed by atoms with Crippen LogP contribution in [0.5, 0.6) is 5.75 Å². The number of anilines is 2. The number of hydrogen-bond acceptors (Lipinski definition) is 7. The van der Waals surface area contributed by atoms with Gasteiger partial charge in [-0.15, -0.1) is 0 Å². The monoisotopic (exact) mass is 455 g/mol. The van der Waals surface area contributed by atoms with Crippen molar-refractivity contribution in [3.63, 3.8) is 0 Å². The first-order valence-corrected chi connectivity index (χ1v) is 11.0. The number of pyridine rings is 1. The summed E-state index contributed by atoms with van der Waals surface area (Å²) < 4.78 is 22.9. The summed E-state index contributed by atoms with van der Waals surface area (Å²) in [7, 11) is 0. The Hall–Kier alpha value is -3.69. The van der Waals surface area contributed by atoms with Crippen LogP contribution in [0.25, 0.3) is 10.9 Å². The summed E-state index contributed by atoms with van der Waals surface area (Å²) in [6.45, 7) is 7.19. The van der Waals surface area contributed by atoms with E-state index >= 15 is 4.39 Å². The lowest BCUT2D eigenvalue weighted by Gasteiger charge is -2.31. The highest BCUT2D eigenvalue weighted by atomic mass is 19.1. The van der Waals surface area contributed by atoms with E-state index in [2.05, 4.69) is 15.3 Å². The molecule has 1 saturated heterocycles. The highest BCUT2D eigenvalue weighted by molar-refractivity contribution is 5.97. The lowest BCUT2D eigenvalue weighted by Crippen LogP contribution is -2.30. The summed E-state index contributed by atoms with van der Waals surface area (Å²) in [5.74, 6) is -1.16. The van der Waals surface area contributed by atoms with Crippen molar-refractivity contribution in [2.75, 3.05) is 29.9 Å². The summed E-state index contributed by atoms with van der Waals surface area (Å²) in [4.78, 5) is 34.4. The second-order valence-electron chi connectivity index (χ2n) is 7.82. The molecule has 33 heavy (non-hydrogen) atoms. The number of rotatable bonds is 4. The molecule has 1 aromatic carbocycles. The zero-order chi connectivity index (χ0) is 23.7. The molecule has 174 valence electrons. The largest absolute Gasteiger partial charge is 0.487 e. The van der Waals surface area contributed by atoms with E-state index in [1.54, 1.807) is 23.0 Å². The molecule has 2 aliphatic rings. The SMILES string of the molecule is CC.C[C@H]1COc2c(N3CCC(Nc4ncccn4)C3)c(F)cc3c(=O)c(C(=O)O)cn1c23. The van der Waals surface area contributed by atoms with Gasteiger partial charge in [-0.1, -0.05) is 13.8 Å². The van der Waals surface area contributed by atoms with Crippen LogP contribution in [-0.4, -0.2) is 51.3 Å². The van der Waals surface area contributed by atoms with Gasteiger partial charge < -0.3 is 24.6 Å². The maximum Gasteiger partial charge on any atom is 0.341 e. The quantitative estimate of drug-likeness (QED) is 0.617. The maximum absolute atomic E-state index is 15.3. The lowest BCUT2D eigenvalue weighted by molar-refractivity contribution is 0.0694. The highest BCUT2D eigenvalue weighted by Gasteiger charge is 2.33. The molecule has 2 aromatic heterocycles. The van der Waals surface area contributed by atoms with Gasteiger partial charge in [-0.3, -0.25) is 4.79 Å². The van der Waals surface area contributed by atoms with Crippen molar-refractivity contribution in [2.24, 2.45) is 0 Å². The first-order valence-electron chi connectivity index (χ1n) is 11.0. The lowest BCUT2D eigenvalue weighted by atomic mass is 10.1. The van der Waals surface area contributed by atoms with Gasteiger partial charge in [-0.25, -0.2) is 19.2 Å². The Morgan fingerprint density at radius 2 is 2.03 bits per heavy atom. The number of carboxylic acid groups (broad SMARTS) is 1. The van der Waals surface area contributed by atoms with Crippen molar-refractivity contribution >= 4 is 28.5 Å². The van der Waals surface area contributed by atoms with Crippen LogP contribution in [0.1, 0.15) is 43.6 Å². The molecule has 2 atom stereocenters. The van der Waals surface area contributed by atoms with Gasteiger partial charge in [0.25, 0.3) is 0 Å². The third kappa shape index (κ3) is 3.96. The maximum atomic E-state index is 15.3. The molecule has 4 heterocycles. The van der Waals surface area contributed by atoms with Crippen LogP contribution in [0, 0.1) is 5.82 Å². The van der Waals surface area contributed by atoms with Gasteiger partial charge in [0.2, 0.25) is 11.4 Å². The molecule has 2 N–H and O–H groups in total. The number of ether oxygens (including phenoxy) is 1. The summed E-state index contributed by atoms with van der Waals surface area (Å²) in [5, 5.41) is 12.7. The molecule has 0 bridgehead atoms. The predicted octanol–water partition coefficient (Wildman–Crippen LogP) is 3.30. The molecule has 0 radical (unpaired) electrons. The van der Waals surface area contributed by atoms with Crippen LogP contribution in [-0.2, 0) is 0 Å². The van der Waals surface area contributed by atoms with Crippen LogP contribution < -0.4 is 20.4 Å². The second kappa shape index (κ2) is 9.05. The average Bonchev–Trinajstić information content (AvgIpc) is 3.27. The number of benzene rings is 1. The fraction of sp³-hybridized carbons (Fsp3) is 0.391. The van der Waals surface area contributed by atoms with E-state index in [9.17, 15) is 14.7 Å². The summed E-state index contributed by atoms with van der Waals surface area (Å²) in [5.41, 5.74) is -0.389. The van der Waals surface area contributed by atoms with Crippen LogP contribution in [0.3, 0.4) is 0 Å². The number of halogens is 1. The Balaban J connectivity index is 0.00000126. The van der Waals surface area contributed by atoms with Gasteiger partial charge >= 0.3 is 5.97 Å². The van der Waals surface area contributed by atoms with E-state index < -0.39 is 17.2 Å². The van der Waals surface area contributed by atoms with Gasteiger partial charge in [-0.05, 0) is 25.5 Å². The normalized spacial score (nSPS) is 19.0. The molecular weight excluding hydrogens is 429 g/mol. The van der Waals surface area contributed by atoms with Crippen molar-refractivity contribution in [1.82, 2.24) is 14.5 Å². The minimum absolute atomic E-state index is 0.00857. The van der Waals surface area contributed by atoms with E-state index in [-0.39, 0.29) is 41.1 Å². The molecule has 0 aliphatic carbocycles. The van der Waals surface area contributed by atoms with Crippen molar-refractivity contribution in [3.05, 3.63) is 52.3 Å². The van der Waals surface area contributed by atoms with E-state index in [0.717, 1.165) is 12.5 Å². The molecular formula is C23H26FN5O4. The summed E-state index contributed by atoms with van der Waals surface area (Å²) in [6.07, 6.45) is 5.37. The van der Waals surface area contributed by atoms with Gasteiger partial charge in [0.1, 0.15) is 17.9 Å². The van der Waals surface area contributed by atoms with Crippen LogP contribution in [0.15, 0.2) is 35.5 Å². The van der Waals surface area contributed by atoms with Gasteiger partial charge in [0.05, 0.1) is 16.9 Å². The third-order valence-corrected chi connectivity index (χ3v) is 5.78. The van der Waals surface area contributed by atoms with Crippen LogP contribution in [0.2, 0.25) is 0 Å². The minimum atomic E-state index is -1.34. The van der Waals surface area contributed by atoms with Crippen molar-refractivity contribution in [1.29, 1.82) is 0 Å². The third-order valence-electron chi connectivity index (χ3n) is 5.78. The molecule has 1 fully saturated rings. The second-order valence-corrected chi connectivity index (χ2v) is 7.82.